The molecule has 3 rings (SSSR count). The van der Waals surface area contributed by atoms with Gasteiger partial charge in [-0.05, 0) is 30.2 Å². The van der Waals surface area contributed by atoms with E-state index in [-0.39, 0.29) is 23.6 Å². The lowest BCUT2D eigenvalue weighted by atomic mass is 9.96. The fourth-order valence-corrected chi connectivity index (χ4v) is 2.88. The largest absolute Gasteiger partial charge is 0.362 e. The van der Waals surface area contributed by atoms with E-state index in [1.807, 2.05) is 24.3 Å². The third-order valence-electron chi connectivity index (χ3n) is 4.07. The number of carbonyl (C=O) groups excluding carboxylic acids is 2. The van der Waals surface area contributed by atoms with Crippen molar-refractivity contribution in [2.45, 2.75) is 19.4 Å². The summed E-state index contributed by atoms with van der Waals surface area (Å²) in [6.45, 7) is 2.22. The predicted octanol–water partition coefficient (Wildman–Crippen LogP) is 1.75. The van der Waals surface area contributed by atoms with Gasteiger partial charge in [-0.2, -0.15) is 0 Å². The Morgan fingerprint density at radius 1 is 1.17 bits per heavy atom. The highest BCUT2D eigenvalue weighted by molar-refractivity contribution is 5.93. The van der Waals surface area contributed by atoms with Gasteiger partial charge in [0.25, 0.3) is 5.91 Å². The van der Waals surface area contributed by atoms with E-state index in [1.54, 1.807) is 31.0 Å². The van der Waals surface area contributed by atoms with Gasteiger partial charge in [0.2, 0.25) is 5.91 Å². The first kappa shape index (κ1) is 15.9. The number of fused-ring (bicyclic) bond motifs is 1. The third kappa shape index (κ3) is 3.05. The lowest BCUT2D eigenvalue weighted by molar-refractivity contribution is -0.116. The van der Waals surface area contributed by atoms with Gasteiger partial charge in [-0.25, -0.2) is 0 Å². The maximum absolute atomic E-state index is 11.8. The number of nitrogens with zero attached hydrogens (tertiary/aromatic N) is 3. The fourth-order valence-electron chi connectivity index (χ4n) is 2.88. The van der Waals surface area contributed by atoms with Crippen molar-refractivity contribution in [2.24, 2.45) is 0 Å². The van der Waals surface area contributed by atoms with Crippen LogP contribution in [0, 0.1) is 0 Å². The molecule has 1 aliphatic rings. The van der Waals surface area contributed by atoms with E-state index >= 15 is 0 Å². The van der Waals surface area contributed by atoms with Crippen molar-refractivity contribution in [3.05, 3.63) is 47.7 Å². The molecule has 2 aromatic rings. The number of hydrogen-bond acceptors (Lipinski definition) is 5. The van der Waals surface area contributed by atoms with E-state index in [2.05, 4.69) is 20.8 Å². The summed E-state index contributed by atoms with van der Waals surface area (Å²) in [4.78, 5) is 25.1. The monoisotopic (exact) mass is 325 g/mol. The second-order valence-corrected chi connectivity index (χ2v) is 5.60. The van der Waals surface area contributed by atoms with Crippen molar-refractivity contribution in [1.82, 2.24) is 15.5 Å². The van der Waals surface area contributed by atoms with Crippen LogP contribution >= 0.6 is 0 Å². The Bertz CT molecular complexity index is 760. The van der Waals surface area contributed by atoms with E-state index in [4.69, 9.17) is 0 Å². The Hall–Kier alpha value is -2.96. The molecule has 1 atom stereocenters. The Labute approximate surface area is 140 Å². The summed E-state index contributed by atoms with van der Waals surface area (Å²) in [5.41, 5.74) is 2.25. The number of anilines is 2. The van der Waals surface area contributed by atoms with Crippen molar-refractivity contribution < 1.29 is 9.59 Å². The second kappa shape index (κ2) is 6.66. The Kier molecular flexibility index (Phi) is 4.41. The number of para-hydroxylation sites is 1. The molecule has 0 radical (unpaired) electrons. The highest BCUT2D eigenvalue weighted by Crippen LogP contribution is 2.35. The molecule has 0 aliphatic carbocycles. The molecule has 0 saturated carbocycles. The molecule has 7 nitrogen and oxygen atoms in total. The van der Waals surface area contributed by atoms with Crippen LogP contribution in [0.2, 0.25) is 0 Å². The Morgan fingerprint density at radius 2 is 1.96 bits per heavy atom. The predicted molar refractivity (Wildman–Crippen MR) is 90.9 cm³/mol. The maximum Gasteiger partial charge on any atom is 0.271 e. The first-order valence-corrected chi connectivity index (χ1v) is 7.79. The topological polar surface area (TPSA) is 87.2 Å². The normalized spacial score (nSPS) is 16.2. The van der Waals surface area contributed by atoms with Gasteiger partial charge >= 0.3 is 0 Å². The molecule has 1 aliphatic heterocycles. The highest BCUT2D eigenvalue weighted by Gasteiger charge is 2.27. The van der Waals surface area contributed by atoms with Gasteiger partial charge in [-0.1, -0.05) is 18.2 Å². The first-order valence-electron chi connectivity index (χ1n) is 7.79. The molecule has 1 aromatic carbocycles. The average Bonchev–Trinajstić information content (AvgIpc) is 2.61. The molecular weight excluding hydrogens is 306 g/mol. The van der Waals surface area contributed by atoms with Crippen LogP contribution in [-0.4, -0.2) is 35.6 Å². The Balaban J connectivity index is 1.82. The lowest BCUT2D eigenvalue weighted by Gasteiger charge is -2.34. The number of benzene rings is 1. The van der Waals surface area contributed by atoms with Gasteiger partial charge in [0.05, 0.1) is 6.04 Å². The molecule has 2 heterocycles. The van der Waals surface area contributed by atoms with Gasteiger partial charge in [0.1, 0.15) is 5.82 Å². The third-order valence-corrected chi connectivity index (χ3v) is 4.07. The van der Waals surface area contributed by atoms with Crippen molar-refractivity contribution in [3.8, 4) is 0 Å². The summed E-state index contributed by atoms with van der Waals surface area (Å²) in [6.07, 6.45) is 0.773. The van der Waals surface area contributed by atoms with Crippen molar-refractivity contribution in [3.63, 3.8) is 0 Å². The van der Waals surface area contributed by atoms with Gasteiger partial charge < -0.3 is 15.5 Å². The van der Waals surface area contributed by atoms with Crippen LogP contribution in [-0.2, 0) is 4.79 Å². The van der Waals surface area contributed by atoms with Gasteiger partial charge in [-0.15, -0.1) is 10.2 Å². The molecule has 0 saturated heterocycles. The van der Waals surface area contributed by atoms with Crippen molar-refractivity contribution >= 4 is 23.3 Å². The van der Waals surface area contributed by atoms with Crippen molar-refractivity contribution in [1.29, 1.82) is 0 Å². The zero-order valence-electron chi connectivity index (χ0n) is 13.6. The molecule has 124 valence electrons. The van der Waals surface area contributed by atoms with E-state index in [9.17, 15) is 9.59 Å². The molecule has 0 spiro atoms. The molecule has 2 amide bonds. The molecule has 0 fully saturated rings. The molecule has 1 unspecified atom stereocenters. The minimum absolute atomic E-state index is 0.0376. The minimum Gasteiger partial charge on any atom is -0.362 e. The quantitative estimate of drug-likeness (QED) is 0.897. The first-order chi connectivity index (χ1) is 11.6. The van der Waals surface area contributed by atoms with Gasteiger partial charge in [-0.3, -0.25) is 9.59 Å². The number of nitrogens with one attached hydrogen (secondary N) is 2. The van der Waals surface area contributed by atoms with E-state index < -0.39 is 0 Å². The summed E-state index contributed by atoms with van der Waals surface area (Å²) in [7, 11) is 1.55. The van der Waals surface area contributed by atoms with Crippen LogP contribution in [0.5, 0.6) is 0 Å². The number of hydrogen-bond donors (Lipinski definition) is 2. The van der Waals surface area contributed by atoms with Gasteiger partial charge in [0.15, 0.2) is 5.69 Å². The van der Waals surface area contributed by atoms with E-state index in [0.717, 1.165) is 17.7 Å². The lowest BCUT2D eigenvalue weighted by Crippen LogP contribution is -2.36. The Morgan fingerprint density at radius 3 is 2.62 bits per heavy atom. The molecule has 2 N–H and O–H groups in total. The summed E-state index contributed by atoms with van der Waals surface area (Å²) < 4.78 is 0. The minimum atomic E-state index is -0.269. The average molecular weight is 325 g/mol. The van der Waals surface area contributed by atoms with Crippen LogP contribution in [0.1, 0.15) is 35.4 Å². The van der Waals surface area contributed by atoms with Crippen LogP contribution < -0.4 is 15.5 Å². The second-order valence-electron chi connectivity index (χ2n) is 5.60. The SMILES string of the molecule is CNC(=O)c1ccc(NC2CCN(C(C)=O)c3ccccc32)nn1. The molecule has 7 heteroatoms. The smallest absolute Gasteiger partial charge is 0.271 e. The summed E-state index contributed by atoms with van der Waals surface area (Å²) in [6, 6.07) is 11.2. The highest BCUT2D eigenvalue weighted by atomic mass is 16.2. The van der Waals surface area contributed by atoms with E-state index in [0.29, 0.717) is 12.4 Å². The summed E-state index contributed by atoms with van der Waals surface area (Å²) in [5, 5.41) is 13.8. The molecule has 0 bridgehead atoms. The number of carbonyl (C=O) groups is 2. The molecular formula is C17H19N5O2. The van der Waals surface area contributed by atoms with Crippen LogP contribution in [0.3, 0.4) is 0 Å². The van der Waals surface area contributed by atoms with Gasteiger partial charge in [0, 0.05) is 26.2 Å². The fraction of sp³-hybridized carbons (Fsp3) is 0.294. The van der Waals surface area contributed by atoms with Crippen LogP contribution in [0.4, 0.5) is 11.5 Å². The number of aromatic nitrogens is 2. The number of rotatable bonds is 3. The number of amides is 2. The molecule has 1 aromatic heterocycles. The van der Waals surface area contributed by atoms with E-state index in [1.165, 1.54) is 0 Å². The summed E-state index contributed by atoms with van der Waals surface area (Å²) >= 11 is 0. The summed E-state index contributed by atoms with van der Waals surface area (Å²) in [5.74, 6) is 0.364. The van der Waals surface area contributed by atoms with Crippen LogP contribution in [0.25, 0.3) is 0 Å². The van der Waals surface area contributed by atoms with Crippen LogP contribution in [0.15, 0.2) is 36.4 Å². The zero-order chi connectivity index (χ0) is 17.1. The zero-order valence-corrected chi connectivity index (χ0v) is 13.6. The molecule has 24 heavy (non-hydrogen) atoms. The maximum atomic E-state index is 11.8. The standard InChI is InChI=1S/C17H19N5O2/c1-11(23)22-10-9-13(12-5-3-4-6-15(12)22)19-16-8-7-14(20-21-16)17(24)18-2/h3-8,13H,9-10H2,1-2H3,(H,18,24)(H,19,21). The van der Waals surface area contributed by atoms with Crippen molar-refractivity contribution in [2.75, 3.05) is 23.8 Å².